The molecule has 0 radical (unpaired) electrons. The molecule has 0 aromatic carbocycles. The SMILES string of the molecule is Cc1cc(C(=O)NC(C)(C)C)cnc1C(=O)NC(C)(C)C. The molecule has 0 atom stereocenters. The summed E-state index contributed by atoms with van der Waals surface area (Å²) in [5.74, 6) is -0.427. The molecule has 1 aromatic heterocycles. The molecule has 0 bridgehead atoms. The molecule has 21 heavy (non-hydrogen) atoms. The van der Waals surface area contributed by atoms with Crippen molar-refractivity contribution in [1.29, 1.82) is 0 Å². The first-order valence-electron chi connectivity index (χ1n) is 7.01. The Morgan fingerprint density at radius 3 is 1.86 bits per heavy atom. The molecule has 2 amide bonds. The predicted octanol–water partition coefficient (Wildman–Crippen LogP) is 2.45. The van der Waals surface area contributed by atoms with Gasteiger partial charge in [0.05, 0.1) is 5.56 Å². The fraction of sp³-hybridized carbons (Fsp3) is 0.562. The van der Waals surface area contributed by atoms with Crippen molar-refractivity contribution in [1.82, 2.24) is 15.6 Å². The van der Waals surface area contributed by atoms with Crippen molar-refractivity contribution in [2.24, 2.45) is 0 Å². The van der Waals surface area contributed by atoms with Gasteiger partial charge in [-0.25, -0.2) is 4.98 Å². The van der Waals surface area contributed by atoms with Crippen LogP contribution in [-0.2, 0) is 0 Å². The van der Waals surface area contributed by atoms with Gasteiger partial charge >= 0.3 is 0 Å². The Labute approximate surface area is 126 Å². The topological polar surface area (TPSA) is 71.1 Å². The van der Waals surface area contributed by atoms with E-state index in [9.17, 15) is 9.59 Å². The molecule has 0 saturated carbocycles. The van der Waals surface area contributed by atoms with Gasteiger partial charge in [0.2, 0.25) is 0 Å². The minimum absolute atomic E-state index is 0.194. The van der Waals surface area contributed by atoms with Crippen LogP contribution in [0.25, 0.3) is 0 Å². The summed E-state index contributed by atoms with van der Waals surface area (Å²) < 4.78 is 0. The number of pyridine rings is 1. The van der Waals surface area contributed by atoms with Crippen molar-refractivity contribution >= 4 is 11.8 Å². The molecule has 5 heteroatoms. The fourth-order valence-electron chi connectivity index (χ4n) is 1.75. The Morgan fingerprint density at radius 1 is 0.952 bits per heavy atom. The summed E-state index contributed by atoms with van der Waals surface area (Å²) in [6.07, 6.45) is 1.44. The Morgan fingerprint density at radius 2 is 1.43 bits per heavy atom. The van der Waals surface area contributed by atoms with E-state index in [4.69, 9.17) is 0 Å². The Kier molecular flexibility index (Phi) is 4.76. The van der Waals surface area contributed by atoms with Gasteiger partial charge in [-0.2, -0.15) is 0 Å². The predicted molar refractivity (Wildman–Crippen MR) is 83.4 cm³/mol. The van der Waals surface area contributed by atoms with E-state index in [1.165, 1.54) is 6.20 Å². The highest BCUT2D eigenvalue weighted by Gasteiger charge is 2.20. The third-order valence-electron chi connectivity index (χ3n) is 2.53. The molecular weight excluding hydrogens is 266 g/mol. The summed E-state index contributed by atoms with van der Waals surface area (Å²) in [6, 6.07) is 1.69. The average Bonchev–Trinajstić information content (AvgIpc) is 2.23. The maximum atomic E-state index is 12.1. The van der Waals surface area contributed by atoms with Gasteiger partial charge in [-0.3, -0.25) is 9.59 Å². The van der Waals surface area contributed by atoms with Crippen LogP contribution in [0, 0.1) is 6.92 Å². The second-order valence-corrected chi connectivity index (χ2v) is 7.30. The third-order valence-corrected chi connectivity index (χ3v) is 2.53. The zero-order valence-electron chi connectivity index (χ0n) is 13.9. The van der Waals surface area contributed by atoms with Crippen molar-refractivity contribution in [3.8, 4) is 0 Å². The first-order chi connectivity index (χ1) is 9.39. The van der Waals surface area contributed by atoms with E-state index >= 15 is 0 Å². The molecule has 0 fully saturated rings. The van der Waals surface area contributed by atoms with Crippen LogP contribution in [0.3, 0.4) is 0 Å². The largest absolute Gasteiger partial charge is 0.347 e. The van der Waals surface area contributed by atoms with Gasteiger partial charge in [-0.05, 0) is 60.1 Å². The highest BCUT2D eigenvalue weighted by atomic mass is 16.2. The fourth-order valence-corrected chi connectivity index (χ4v) is 1.75. The molecular formula is C16H25N3O2. The number of hydrogen-bond donors (Lipinski definition) is 2. The second-order valence-electron chi connectivity index (χ2n) is 7.30. The van der Waals surface area contributed by atoms with E-state index in [1.54, 1.807) is 13.0 Å². The van der Waals surface area contributed by atoms with Crippen molar-refractivity contribution in [3.05, 3.63) is 29.1 Å². The average molecular weight is 291 g/mol. The second kappa shape index (κ2) is 5.84. The standard InChI is InChI=1S/C16H25N3O2/c1-10-8-11(13(20)18-15(2,3)4)9-17-12(10)14(21)19-16(5,6)7/h8-9H,1-7H3,(H,18,20)(H,19,21). The van der Waals surface area contributed by atoms with E-state index < -0.39 is 0 Å². The van der Waals surface area contributed by atoms with Crippen LogP contribution in [0.5, 0.6) is 0 Å². The number of nitrogens with one attached hydrogen (secondary N) is 2. The molecule has 1 heterocycles. The number of amides is 2. The summed E-state index contributed by atoms with van der Waals surface area (Å²) in [5, 5.41) is 5.73. The van der Waals surface area contributed by atoms with Crippen LogP contribution in [0.2, 0.25) is 0 Å². The summed E-state index contributed by atoms with van der Waals surface area (Å²) in [4.78, 5) is 28.3. The minimum atomic E-state index is -0.326. The number of rotatable bonds is 2. The molecule has 0 spiro atoms. The number of hydrogen-bond acceptors (Lipinski definition) is 3. The molecule has 0 aliphatic carbocycles. The number of carbonyl (C=O) groups excluding carboxylic acids is 2. The molecule has 0 unspecified atom stereocenters. The first kappa shape index (κ1) is 17.1. The Hall–Kier alpha value is -1.91. The summed E-state index contributed by atoms with van der Waals surface area (Å²) in [7, 11) is 0. The maximum absolute atomic E-state index is 12.1. The molecule has 1 rings (SSSR count). The lowest BCUT2D eigenvalue weighted by Gasteiger charge is -2.22. The zero-order chi connectivity index (χ0) is 16.4. The quantitative estimate of drug-likeness (QED) is 0.879. The Bertz CT molecular complexity index is 552. The van der Waals surface area contributed by atoms with Gasteiger partial charge in [0, 0.05) is 17.3 Å². The summed E-state index contributed by atoms with van der Waals surface area (Å²) in [6.45, 7) is 13.2. The normalized spacial score (nSPS) is 12.0. The van der Waals surface area contributed by atoms with Gasteiger partial charge in [-0.1, -0.05) is 0 Å². The summed E-state index contributed by atoms with van der Waals surface area (Å²) >= 11 is 0. The molecule has 2 N–H and O–H groups in total. The molecule has 116 valence electrons. The highest BCUT2D eigenvalue weighted by molar-refractivity contribution is 5.97. The van der Waals surface area contributed by atoms with Crippen LogP contribution >= 0.6 is 0 Å². The van der Waals surface area contributed by atoms with Gasteiger partial charge in [0.25, 0.3) is 11.8 Å². The summed E-state index contributed by atoms with van der Waals surface area (Å²) in [5.41, 5.74) is 0.839. The minimum Gasteiger partial charge on any atom is -0.347 e. The Balaban J connectivity index is 2.96. The van der Waals surface area contributed by atoms with Gasteiger partial charge in [0.1, 0.15) is 5.69 Å². The van der Waals surface area contributed by atoms with E-state index in [1.807, 2.05) is 41.5 Å². The van der Waals surface area contributed by atoms with Crippen LogP contribution < -0.4 is 10.6 Å². The monoisotopic (exact) mass is 291 g/mol. The highest BCUT2D eigenvalue weighted by Crippen LogP contribution is 2.11. The van der Waals surface area contributed by atoms with E-state index in [-0.39, 0.29) is 22.9 Å². The van der Waals surface area contributed by atoms with Gasteiger partial charge in [0.15, 0.2) is 0 Å². The van der Waals surface area contributed by atoms with Crippen LogP contribution in [0.4, 0.5) is 0 Å². The van der Waals surface area contributed by atoms with E-state index in [0.29, 0.717) is 16.8 Å². The smallest absolute Gasteiger partial charge is 0.270 e. The number of carbonyl (C=O) groups is 2. The number of aromatic nitrogens is 1. The molecule has 0 aliphatic heterocycles. The molecule has 5 nitrogen and oxygen atoms in total. The lowest BCUT2D eigenvalue weighted by Crippen LogP contribution is -2.42. The third kappa shape index (κ3) is 5.53. The van der Waals surface area contributed by atoms with E-state index in [2.05, 4.69) is 15.6 Å². The first-order valence-corrected chi connectivity index (χ1v) is 7.01. The number of nitrogens with zero attached hydrogens (tertiary/aromatic N) is 1. The zero-order valence-corrected chi connectivity index (χ0v) is 13.9. The van der Waals surface area contributed by atoms with E-state index in [0.717, 1.165) is 0 Å². The lowest BCUT2D eigenvalue weighted by molar-refractivity contribution is 0.0901. The van der Waals surface area contributed by atoms with Crippen molar-refractivity contribution in [2.75, 3.05) is 0 Å². The lowest BCUT2D eigenvalue weighted by atomic mass is 10.1. The molecule has 1 aromatic rings. The molecule has 0 saturated heterocycles. The van der Waals surface area contributed by atoms with Crippen molar-refractivity contribution < 1.29 is 9.59 Å². The molecule has 0 aliphatic rings. The van der Waals surface area contributed by atoms with Crippen LogP contribution in [0.1, 0.15) is 68.0 Å². The van der Waals surface area contributed by atoms with Crippen LogP contribution in [-0.4, -0.2) is 27.9 Å². The maximum Gasteiger partial charge on any atom is 0.270 e. The van der Waals surface area contributed by atoms with Crippen molar-refractivity contribution in [2.45, 2.75) is 59.5 Å². The van der Waals surface area contributed by atoms with Crippen LogP contribution in [0.15, 0.2) is 12.3 Å². The van der Waals surface area contributed by atoms with Gasteiger partial charge in [-0.15, -0.1) is 0 Å². The number of aryl methyl sites for hydroxylation is 1. The van der Waals surface area contributed by atoms with Gasteiger partial charge < -0.3 is 10.6 Å². The van der Waals surface area contributed by atoms with Crippen molar-refractivity contribution in [3.63, 3.8) is 0 Å².